The molecule has 1 atom stereocenters. The van der Waals surface area contributed by atoms with Crippen molar-refractivity contribution in [2.24, 2.45) is 5.92 Å². The van der Waals surface area contributed by atoms with Gasteiger partial charge in [-0.3, -0.25) is 4.79 Å². The van der Waals surface area contributed by atoms with Crippen LogP contribution in [0.15, 0.2) is 24.3 Å². The number of carbonyl (C=O) groups is 2. The number of thioether (sulfide) groups is 1. The molecular formula is C16H23NO3S. The summed E-state index contributed by atoms with van der Waals surface area (Å²) in [6.07, 6.45) is 0.423. The van der Waals surface area contributed by atoms with Gasteiger partial charge in [-0.15, -0.1) is 0 Å². The first-order valence-electron chi connectivity index (χ1n) is 7.14. The van der Waals surface area contributed by atoms with Crippen LogP contribution in [-0.4, -0.2) is 28.8 Å². The average Bonchev–Trinajstić information content (AvgIpc) is 2.44. The van der Waals surface area contributed by atoms with Gasteiger partial charge >= 0.3 is 5.97 Å². The Labute approximate surface area is 130 Å². The lowest BCUT2D eigenvalue weighted by Crippen LogP contribution is -2.41. The highest BCUT2D eigenvalue weighted by Gasteiger charge is 2.21. The molecule has 0 fully saturated rings. The summed E-state index contributed by atoms with van der Waals surface area (Å²) in [5.41, 5.74) is 1.66. The molecule has 0 spiro atoms. The van der Waals surface area contributed by atoms with Gasteiger partial charge in [-0.25, -0.2) is 4.79 Å². The van der Waals surface area contributed by atoms with Crippen LogP contribution in [0.3, 0.4) is 0 Å². The molecule has 0 unspecified atom stereocenters. The molecule has 4 nitrogen and oxygen atoms in total. The van der Waals surface area contributed by atoms with E-state index in [-0.39, 0.29) is 11.8 Å². The first-order valence-corrected chi connectivity index (χ1v) is 8.29. The minimum atomic E-state index is -0.993. The van der Waals surface area contributed by atoms with Crippen molar-refractivity contribution in [3.8, 4) is 0 Å². The summed E-state index contributed by atoms with van der Waals surface area (Å²) in [4.78, 5) is 23.2. The lowest BCUT2D eigenvalue weighted by atomic mass is 10.0. The number of carboxylic acids is 1. The highest BCUT2D eigenvalue weighted by atomic mass is 32.2. The lowest BCUT2D eigenvalue weighted by Gasteiger charge is -2.16. The average molecular weight is 309 g/mol. The van der Waals surface area contributed by atoms with Crippen molar-refractivity contribution in [1.82, 2.24) is 5.32 Å². The molecule has 0 aromatic heterocycles. The van der Waals surface area contributed by atoms with E-state index in [0.717, 1.165) is 17.1 Å². The molecule has 1 aromatic carbocycles. The van der Waals surface area contributed by atoms with Crippen LogP contribution in [0, 0.1) is 5.92 Å². The van der Waals surface area contributed by atoms with E-state index in [1.54, 1.807) is 12.1 Å². The Morgan fingerprint density at radius 3 is 2.33 bits per heavy atom. The van der Waals surface area contributed by atoms with Crippen LogP contribution in [0.2, 0.25) is 0 Å². The van der Waals surface area contributed by atoms with E-state index in [9.17, 15) is 9.59 Å². The number of carboxylic acid groups (broad SMARTS) is 1. The molecule has 116 valence electrons. The Balaban J connectivity index is 2.67. The second kappa shape index (κ2) is 8.72. The largest absolute Gasteiger partial charge is 0.480 e. The van der Waals surface area contributed by atoms with Crippen LogP contribution < -0.4 is 5.32 Å². The maximum absolute atomic E-state index is 12.1. The van der Waals surface area contributed by atoms with Gasteiger partial charge in [0, 0.05) is 11.3 Å². The van der Waals surface area contributed by atoms with Crippen molar-refractivity contribution in [1.29, 1.82) is 0 Å². The molecule has 2 N–H and O–H groups in total. The van der Waals surface area contributed by atoms with Crippen molar-refractivity contribution < 1.29 is 14.7 Å². The van der Waals surface area contributed by atoms with Gasteiger partial charge in [-0.2, -0.15) is 11.8 Å². The molecule has 0 aliphatic carbocycles. The standard InChI is InChI=1S/C16H23NO3S/c1-4-21-10-12-5-7-13(8-6-12)15(18)17-14(16(19)20)9-11(2)3/h5-8,11,14H,4,9-10H2,1-3H3,(H,17,18)(H,19,20)/t14-/m1/s1. The van der Waals surface area contributed by atoms with Gasteiger partial charge in [0.25, 0.3) is 5.91 Å². The van der Waals surface area contributed by atoms with E-state index in [1.165, 1.54) is 0 Å². The fourth-order valence-corrected chi connectivity index (χ4v) is 2.54. The van der Waals surface area contributed by atoms with Gasteiger partial charge in [-0.1, -0.05) is 32.9 Å². The predicted molar refractivity (Wildman–Crippen MR) is 86.6 cm³/mol. The summed E-state index contributed by atoms with van der Waals surface area (Å²) in [5, 5.41) is 11.7. The normalized spacial score (nSPS) is 12.2. The molecular weight excluding hydrogens is 286 g/mol. The quantitative estimate of drug-likeness (QED) is 0.774. The summed E-state index contributed by atoms with van der Waals surface area (Å²) in [5.74, 6) is 0.854. The number of nitrogens with one attached hydrogen (secondary N) is 1. The van der Waals surface area contributed by atoms with Crippen LogP contribution in [0.1, 0.15) is 43.1 Å². The third kappa shape index (κ3) is 6.21. The predicted octanol–water partition coefficient (Wildman–Crippen LogP) is 3.17. The van der Waals surface area contributed by atoms with Gasteiger partial charge in [0.1, 0.15) is 6.04 Å². The summed E-state index contributed by atoms with van der Waals surface area (Å²) in [7, 11) is 0. The molecule has 1 rings (SSSR count). The number of hydrogen-bond donors (Lipinski definition) is 2. The van der Waals surface area contributed by atoms with Crippen LogP contribution in [0.5, 0.6) is 0 Å². The van der Waals surface area contributed by atoms with Crippen molar-refractivity contribution in [2.45, 2.75) is 39.0 Å². The lowest BCUT2D eigenvalue weighted by molar-refractivity contribution is -0.139. The number of aliphatic carboxylic acids is 1. The molecule has 0 aliphatic heterocycles. The van der Waals surface area contributed by atoms with Gasteiger partial charge in [-0.05, 0) is 35.8 Å². The molecule has 5 heteroatoms. The Morgan fingerprint density at radius 1 is 1.24 bits per heavy atom. The summed E-state index contributed by atoms with van der Waals surface area (Å²) in [6.45, 7) is 5.97. The Kier molecular flexibility index (Phi) is 7.29. The van der Waals surface area contributed by atoms with Gasteiger partial charge in [0.2, 0.25) is 0 Å². The molecule has 0 bridgehead atoms. The number of carbonyl (C=O) groups excluding carboxylic acids is 1. The van der Waals surface area contributed by atoms with Crippen molar-refractivity contribution >= 4 is 23.6 Å². The van der Waals surface area contributed by atoms with Crippen LogP contribution in [0.25, 0.3) is 0 Å². The molecule has 1 amide bonds. The van der Waals surface area contributed by atoms with E-state index < -0.39 is 12.0 Å². The number of hydrogen-bond acceptors (Lipinski definition) is 3. The van der Waals surface area contributed by atoms with Crippen molar-refractivity contribution in [3.63, 3.8) is 0 Å². The highest BCUT2D eigenvalue weighted by molar-refractivity contribution is 7.98. The number of benzene rings is 1. The smallest absolute Gasteiger partial charge is 0.326 e. The first-order chi connectivity index (χ1) is 9.93. The zero-order chi connectivity index (χ0) is 15.8. The molecule has 0 saturated heterocycles. The molecule has 0 aliphatic rings. The van der Waals surface area contributed by atoms with Crippen LogP contribution in [0.4, 0.5) is 0 Å². The third-order valence-corrected chi connectivity index (χ3v) is 3.95. The number of rotatable bonds is 8. The second-order valence-corrected chi connectivity index (χ2v) is 6.60. The van der Waals surface area contributed by atoms with Crippen molar-refractivity contribution in [2.75, 3.05) is 5.75 Å². The molecule has 1 aromatic rings. The van der Waals surface area contributed by atoms with E-state index in [0.29, 0.717) is 12.0 Å². The molecule has 0 radical (unpaired) electrons. The van der Waals surface area contributed by atoms with Gasteiger partial charge in [0.05, 0.1) is 0 Å². The Bertz CT molecular complexity index is 471. The van der Waals surface area contributed by atoms with Gasteiger partial charge in [0.15, 0.2) is 0 Å². The molecule has 21 heavy (non-hydrogen) atoms. The molecule has 0 saturated carbocycles. The summed E-state index contributed by atoms with van der Waals surface area (Å²) < 4.78 is 0. The highest BCUT2D eigenvalue weighted by Crippen LogP contribution is 2.13. The third-order valence-electron chi connectivity index (χ3n) is 3.00. The zero-order valence-electron chi connectivity index (χ0n) is 12.8. The van der Waals surface area contributed by atoms with Crippen LogP contribution in [-0.2, 0) is 10.5 Å². The second-order valence-electron chi connectivity index (χ2n) is 5.33. The summed E-state index contributed by atoms with van der Waals surface area (Å²) in [6, 6.07) is 6.48. The minimum absolute atomic E-state index is 0.208. The maximum Gasteiger partial charge on any atom is 0.326 e. The fraction of sp³-hybridized carbons (Fsp3) is 0.500. The van der Waals surface area contributed by atoms with E-state index in [2.05, 4.69) is 12.2 Å². The number of amides is 1. The van der Waals surface area contributed by atoms with E-state index in [4.69, 9.17) is 5.11 Å². The Hall–Kier alpha value is -1.49. The van der Waals surface area contributed by atoms with E-state index in [1.807, 2.05) is 37.7 Å². The Morgan fingerprint density at radius 2 is 1.86 bits per heavy atom. The SMILES string of the molecule is CCSCc1ccc(C(=O)N[C@H](CC(C)C)C(=O)O)cc1. The summed E-state index contributed by atoms with van der Waals surface area (Å²) >= 11 is 1.82. The monoisotopic (exact) mass is 309 g/mol. The van der Waals surface area contributed by atoms with Crippen molar-refractivity contribution in [3.05, 3.63) is 35.4 Å². The van der Waals surface area contributed by atoms with E-state index >= 15 is 0 Å². The van der Waals surface area contributed by atoms with Gasteiger partial charge < -0.3 is 10.4 Å². The molecule has 0 heterocycles. The van der Waals surface area contributed by atoms with Crippen LogP contribution >= 0.6 is 11.8 Å². The topological polar surface area (TPSA) is 66.4 Å². The maximum atomic E-state index is 12.1. The first kappa shape index (κ1) is 17.6. The zero-order valence-corrected chi connectivity index (χ0v) is 13.6. The fourth-order valence-electron chi connectivity index (χ4n) is 1.91. The minimum Gasteiger partial charge on any atom is -0.480 e.